The van der Waals surface area contributed by atoms with Crippen molar-refractivity contribution >= 4 is 11.9 Å². The second-order valence-electron chi connectivity index (χ2n) is 5.22. The highest BCUT2D eigenvalue weighted by molar-refractivity contribution is 5.82. The van der Waals surface area contributed by atoms with Crippen molar-refractivity contribution in [3.8, 4) is 12.3 Å². The van der Waals surface area contributed by atoms with Crippen LogP contribution in [-0.2, 0) is 9.59 Å². The number of likely N-dealkylation sites (tertiary alicyclic amines) is 1. The maximum Gasteiger partial charge on any atom is 0.343 e. The Balaban J connectivity index is 1.80. The molecule has 1 atom stereocenters. The molecule has 0 aromatic rings. The molecule has 1 N–H and O–H groups in total. The Morgan fingerprint density at radius 2 is 2.10 bits per heavy atom. The number of carbonyl (C=O) groups is 2. The molecule has 0 saturated carbocycles. The molecule has 1 unspecified atom stereocenters. The minimum atomic E-state index is -2.31. The molecule has 0 aromatic heterocycles. The lowest BCUT2D eigenvalue weighted by Crippen LogP contribution is -2.39. The van der Waals surface area contributed by atoms with E-state index in [9.17, 15) is 14.0 Å². The molecular formula is C13H16FN3O3. The van der Waals surface area contributed by atoms with Gasteiger partial charge in [0, 0.05) is 38.6 Å². The van der Waals surface area contributed by atoms with Crippen LogP contribution in [0.5, 0.6) is 0 Å². The molecule has 108 valence electrons. The summed E-state index contributed by atoms with van der Waals surface area (Å²) in [4.78, 5) is 24.0. The van der Waals surface area contributed by atoms with Crippen molar-refractivity contribution in [3.63, 3.8) is 0 Å². The summed E-state index contributed by atoms with van der Waals surface area (Å²) >= 11 is 0. The standard InChI is InChI=1S/C13H16FN3O3/c1-2-3-5-13(15-16-13)6-4-10(18)17-8-7-12(14,9-17)11(19)20/h1H,3-9H2,(H,19,20). The number of carbonyl (C=O) groups excluding carboxylic acids is 1. The molecule has 2 aliphatic rings. The minimum Gasteiger partial charge on any atom is -0.479 e. The quantitative estimate of drug-likeness (QED) is 0.746. The normalized spacial score (nSPS) is 26.3. The van der Waals surface area contributed by atoms with Crippen LogP contribution in [0.3, 0.4) is 0 Å². The summed E-state index contributed by atoms with van der Waals surface area (Å²) in [6.07, 6.45) is 6.77. The van der Waals surface area contributed by atoms with Gasteiger partial charge in [0.15, 0.2) is 5.66 Å². The Morgan fingerprint density at radius 1 is 1.40 bits per heavy atom. The van der Waals surface area contributed by atoms with Gasteiger partial charge in [0.05, 0.1) is 6.54 Å². The monoisotopic (exact) mass is 281 g/mol. The fourth-order valence-electron chi connectivity index (χ4n) is 2.29. The summed E-state index contributed by atoms with van der Waals surface area (Å²) in [5.41, 5.74) is -2.85. The molecule has 0 bridgehead atoms. The number of carboxylic acid groups (broad SMARTS) is 1. The number of terminal acetylenes is 1. The van der Waals surface area contributed by atoms with E-state index in [0.29, 0.717) is 19.3 Å². The Bertz CT molecular complexity index is 494. The van der Waals surface area contributed by atoms with Crippen LogP contribution in [0.4, 0.5) is 4.39 Å². The van der Waals surface area contributed by atoms with Gasteiger partial charge in [-0.15, -0.1) is 12.3 Å². The van der Waals surface area contributed by atoms with Crippen LogP contribution in [0.15, 0.2) is 10.2 Å². The van der Waals surface area contributed by atoms with Crippen LogP contribution in [0, 0.1) is 12.3 Å². The number of amides is 1. The summed E-state index contributed by atoms with van der Waals surface area (Å²) in [5.74, 6) is 0.730. The number of aliphatic carboxylic acids is 1. The maximum atomic E-state index is 13.8. The Hall–Kier alpha value is -1.97. The van der Waals surface area contributed by atoms with E-state index < -0.39 is 17.3 Å². The van der Waals surface area contributed by atoms with Crippen molar-refractivity contribution in [2.75, 3.05) is 13.1 Å². The van der Waals surface area contributed by atoms with Crippen molar-refractivity contribution in [2.24, 2.45) is 10.2 Å². The number of halogens is 1. The van der Waals surface area contributed by atoms with Crippen LogP contribution >= 0.6 is 0 Å². The summed E-state index contributed by atoms with van der Waals surface area (Å²) in [6.45, 7) is -0.250. The van der Waals surface area contributed by atoms with E-state index in [2.05, 4.69) is 16.1 Å². The molecule has 2 aliphatic heterocycles. The number of nitrogens with zero attached hydrogens (tertiary/aromatic N) is 3. The van der Waals surface area contributed by atoms with E-state index >= 15 is 0 Å². The predicted molar refractivity (Wildman–Crippen MR) is 67.6 cm³/mol. The van der Waals surface area contributed by atoms with Gasteiger partial charge in [0.1, 0.15) is 0 Å². The van der Waals surface area contributed by atoms with Crippen molar-refractivity contribution in [1.82, 2.24) is 4.90 Å². The summed E-state index contributed by atoms with van der Waals surface area (Å²) in [6, 6.07) is 0. The van der Waals surface area contributed by atoms with E-state index in [1.165, 1.54) is 4.90 Å². The van der Waals surface area contributed by atoms with Crippen molar-refractivity contribution in [2.45, 2.75) is 43.4 Å². The van der Waals surface area contributed by atoms with E-state index in [1.807, 2.05) is 0 Å². The average Bonchev–Trinajstić information content (AvgIpc) is 3.08. The Labute approximate surface area is 116 Å². The first-order valence-corrected chi connectivity index (χ1v) is 6.48. The van der Waals surface area contributed by atoms with Gasteiger partial charge in [-0.05, 0) is 0 Å². The SMILES string of the molecule is C#CCCC1(CCC(=O)N2CCC(F)(C(=O)O)C2)N=N1. The molecule has 0 radical (unpaired) electrons. The van der Waals surface area contributed by atoms with Crippen LogP contribution < -0.4 is 0 Å². The second kappa shape index (κ2) is 5.19. The van der Waals surface area contributed by atoms with Crippen molar-refractivity contribution < 1.29 is 19.1 Å². The third-order valence-electron chi connectivity index (χ3n) is 3.75. The van der Waals surface area contributed by atoms with Crippen LogP contribution in [0.2, 0.25) is 0 Å². The second-order valence-corrected chi connectivity index (χ2v) is 5.22. The first-order chi connectivity index (χ1) is 9.41. The average molecular weight is 281 g/mol. The first-order valence-electron chi connectivity index (χ1n) is 6.48. The number of hydrogen-bond acceptors (Lipinski definition) is 4. The molecular weight excluding hydrogens is 265 g/mol. The zero-order chi connectivity index (χ0) is 14.8. The highest BCUT2D eigenvalue weighted by Gasteiger charge is 2.47. The molecule has 0 aliphatic carbocycles. The van der Waals surface area contributed by atoms with E-state index in [-0.39, 0.29) is 31.8 Å². The smallest absolute Gasteiger partial charge is 0.343 e. The third-order valence-corrected chi connectivity index (χ3v) is 3.75. The Kier molecular flexibility index (Phi) is 3.75. The van der Waals surface area contributed by atoms with Crippen LogP contribution in [-0.4, -0.2) is 46.3 Å². The molecule has 1 fully saturated rings. The lowest BCUT2D eigenvalue weighted by Gasteiger charge is -2.18. The van der Waals surface area contributed by atoms with Gasteiger partial charge in [0.2, 0.25) is 11.6 Å². The number of hydrogen-bond donors (Lipinski definition) is 1. The number of carboxylic acids is 1. The molecule has 1 saturated heterocycles. The van der Waals surface area contributed by atoms with Gasteiger partial charge in [-0.3, -0.25) is 4.79 Å². The molecule has 1 amide bonds. The van der Waals surface area contributed by atoms with E-state index in [4.69, 9.17) is 11.5 Å². The fraction of sp³-hybridized carbons (Fsp3) is 0.692. The highest BCUT2D eigenvalue weighted by Crippen LogP contribution is 2.38. The molecule has 7 heteroatoms. The minimum absolute atomic E-state index is 0.132. The predicted octanol–water partition coefficient (Wildman–Crippen LogP) is 1.37. The van der Waals surface area contributed by atoms with Gasteiger partial charge in [-0.1, -0.05) is 0 Å². The van der Waals surface area contributed by atoms with Crippen LogP contribution in [0.25, 0.3) is 0 Å². The maximum absolute atomic E-state index is 13.8. The lowest BCUT2D eigenvalue weighted by atomic mass is 10.0. The van der Waals surface area contributed by atoms with Gasteiger partial charge in [0.25, 0.3) is 0 Å². The molecule has 2 heterocycles. The van der Waals surface area contributed by atoms with Gasteiger partial charge < -0.3 is 10.0 Å². The fourth-order valence-corrected chi connectivity index (χ4v) is 2.29. The highest BCUT2D eigenvalue weighted by atomic mass is 19.1. The molecule has 0 spiro atoms. The zero-order valence-electron chi connectivity index (χ0n) is 11.0. The third kappa shape index (κ3) is 2.95. The zero-order valence-corrected chi connectivity index (χ0v) is 11.0. The van der Waals surface area contributed by atoms with Crippen LogP contribution in [0.1, 0.15) is 32.1 Å². The van der Waals surface area contributed by atoms with E-state index in [0.717, 1.165) is 0 Å². The molecule has 0 aromatic carbocycles. The van der Waals surface area contributed by atoms with Crippen molar-refractivity contribution in [3.05, 3.63) is 0 Å². The summed E-state index contributed by atoms with van der Waals surface area (Å²) in [7, 11) is 0. The first kappa shape index (κ1) is 14.4. The number of alkyl halides is 1. The topological polar surface area (TPSA) is 82.3 Å². The lowest BCUT2D eigenvalue weighted by molar-refractivity contribution is -0.150. The molecule has 2 rings (SSSR count). The number of rotatable bonds is 6. The molecule has 20 heavy (non-hydrogen) atoms. The van der Waals surface area contributed by atoms with Gasteiger partial charge in [-0.25, -0.2) is 9.18 Å². The Morgan fingerprint density at radius 3 is 2.60 bits per heavy atom. The summed E-state index contributed by atoms with van der Waals surface area (Å²) in [5, 5.41) is 16.6. The van der Waals surface area contributed by atoms with Gasteiger partial charge in [-0.2, -0.15) is 10.2 Å². The van der Waals surface area contributed by atoms with E-state index in [1.54, 1.807) is 0 Å². The molecule has 6 nitrogen and oxygen atoms in total. The van der Waals surface area contributed by atoms with Crippen molar-refractivity contribution in [1.29, 1.82) is 0 Å². The summed E-state index contributed by atoms with van der Waals surface area (Å²) < 4.78 is 13.8. The largest absolute Gasteiger partial charge is 0.479 e. The van der Waals surface area contributed by atoms with Gasteiger partial charge >= 0.3 is 5.97 Å².